The zero-order chi connectivity index (χ0) is 38.4. The number of rotatable bonds is 7. The zero-order valence-corrected chi connectivity index (χ0v) is 32.5. The minimum atomic E-state index is 1.10. The lowest BCUT2D eigenvalue weighted by atomic mass is 9.96. The molecule has 272 valence electrons. The fourth-order valence-corrected chi connectivity index (χ4v) is 9.86. The summed E-state index contributed by atoms with van der Waals surface area (Å²) in [5.41, 5.74) is 13.1. The molecule has 11 aromatic rings. The van der Waals surface area contributed by atoms with Gasteiger partial charge in [-0.2, -0.15) is 0 Å². The van der Waals surface area contributed by atoms with Crippen molar-refractivity contribution in [3.05, 3.63) is 224 Å². The van der Waals surface area contributed by atoms with Crippen LogP contribution in [0.15, 0.2) is 224 Å². The number of anilines is 3. The summed E-state index contributed by atoms with van der Waals surface area (Å²) in [7, 11) is 0. The first-order chi connectivity index (χ1) is 28.7. The summed E-state index contributed by atoms with van der Waals surface area (Å²) in [5, 5.41) is 7.67. The maximum absolute atomic E-state index is 2.38. The van der Waals surface area contributed by atoms with E-state index in [4.69, 9.17) is 0 Å². The third-order valence-electron chi connectivity index (χ3n) is 11.5. The van der Waals surface area contributed by atoms with E-state index in [1.54, 1.807) is 0 Å². The van der Waals surface area contributed by atoms with Crippen LogP contribution in [0.3, 0.4) is 0 Å². The van der Waals surface area contributed by atoms with E-state index in [0.717, 1.165) is 17.1 Å². The fourth-order valence-electron chi connectivity index (χ4n) is 8.62. The van der Waals surface area contributed by atoms with Gasteiger partial charge in [0.25, 0.3) is 0 Å². The fraction of sp³-hybridized carbons (Fsp3) is 0. The average molecular weight is 756 g/mol. The zero-order valence-electron chi connectivity index (χ0n) is 31.7. The summed E-state index contributed by atoms with van der Waals surface area (Å²) >= 11 is 1.88. The molecule has 0 spiro atoms. The molecule has 10 aromatic carbocycles. The molecule has 0 atom stereocenters. The van der Waals surface area contributed by atoms with Crippen LogP contribution in [0.1, 0.15) is 0 Å². The number of hydrogen-bond acceptors (Lipinski definition) is 2. The van der Waals surface area contributed by atoms with E-state index in [1.165, 1.54) is 86.2 Å². The molecule has 0 radical (unpaired) electrons. The number of thiophene rings is 1. The molecule has 0 aliphatic carbocycles. The quantitative estimate of drug-likeness (QED) is 0.157. The van der Waals surface area contributed by atoms with Crippen molar-refractivity contribution in [1.29, 1.82) is 0 Å². The minimum Gasteiger partial charge on any atom is -0.310 e. The van der Waals surface area contributed by atoms with E-state index in [-0.39, 0.29) is 0 Å². The van der Waals surface area contributed by atoms with E-state index < -0.39 is 0 Å². The molecule has 0 aliphatic heterocycles. The second-order valence-corrected chi connectivity index (χ2v) is 15.9. The van der Waals surface area contributed by atoms with Crippen molar-refractivity contribution in [3.8, 4) is 44.5 Å². The Balaban J connectivity index is 0.979. The van der Waals surface area contributed by atoms with E-state index >= 15 is 0 Å². The van der Waals surface area contributed by atoms with E-state index in [0.29, 0.717) is 0 Å². The summed E-state index contributed by atoms with van der Waals surface area (Å²) in [6.45, 7) is 0. The van der Waals surface area contributed by atoms with E-state index in [9.17, 15) is 0 Å². The summed E-state index contributed by atoms with van der Waals surface area (Å²) in [4.78, 5) is 2.38. The van der Waals surface area contributed by atoms with Gasteiger partial charge in [0.2, 0.25) is 0 Å². The molecule has 0 amide bonds. The Morgan fingerprint density at radius 2 is 0.724 bits per heavy atom. The van der Waals surface area contributed by atoms with Gasteiger partial charge in [-0.3, -0.25) is 0 Å². The van der Waals surface area contributed by atoms with Crippen LogP contribution in [0.5, 0.6) is 0 Å². The number of benzene rings is 10. The largest absolute Gasteiger partial charge is 0.310 e. The Morgan fingerprint density at radius 3 is 1.40 bits per heavy atom. The van der Waals surface area contributed by atoms with Crippen LogP contribution in [0, 0.1) is 0 Å². The van der Waals surface area contributed by atoms with Gasteiger partial charge in [0.05, 0.1) is 0 Å². The van der Waals surface area contributed by atoms with Crippen LogP contribution in [-0.4, -0.2) is 0 Å². The van der Waals surface area contributed by atoms with Crippen molar-refractivity contribution in [3.63, 3.8) is 0 Å². The van der Waals surface area contributed by atoms with Crippen LogP contribution in [0.25, 0.3) is 86.2 Å². The smallest absolute Gasteiger partial charge is 0.0467 e. The molecule has 1 heterocycles. The second-order valence-electron chi connectivity index (χ2n) is 14.9. The third kappa shape index (κ3) is 6.03. The first kappa shape index (κ1) is 34.0. The molecule has 11 rings (SSSR count). The van der Waals surface area contributed by atoms with Gasteiger partial charge in [0.15, 0.2) is 0 Å². The Morgan fingerprint density at radius 1 is 0.276 bits per heavy atom. The van der Waals surface area contributed by atoms with Crippen molar-refractivity contribution >= 4 is 70.1 Å². The molecular formula is C56H37NS. The topological polar surface area (TPSA) is 3.24 Å². The van der Waals surface area contributed by atoms with Crippen LogP contribution in [0.4, 0.5) is 17.1 Å². The third-order valence-corrected chi connectivity index (χ3v) is 12.7. The first-order valence-corrected chi connectivity index (χ1v) is 20.6. The Bertz CT molecular complexity index is 3250. The van der Waals surface area contributed by atoms with Gasteiger partial charge >= 0.3 is 0 Å². The Labute approximate surface area is 342 Å². The van der Waals surface area contributed by atoms with Crippen LogP contribution < -0.4 is 4.90 Å². The molecule has 1 nitrogen and oxygen atoms in total. The Kier molecular flexibility index (Phi) is 8.42. The predicted octanol–water partition coefficient (Wildman–Crippen LogP) is 16.5. The van der Waals surface area contributed by atoms with Crippen LogP contribution >= 0.6 is 11.3 Å². The summed E-state index contributed by atoms with van der Waals surface area (Å²) < 4.78 is 2.65. The number of hydrogen-bond donors (Lipinski definition) is 0. The lowest BCUT2D eigenvalue weighted by molar-refractivity contribution is 1.28. The molecular weight excluding hydrogens is 719 g/mol. The molecule has 0 saturated carbocycles. The summed E-state index contributed by atoms with van der Waals surface area (Å²) in [5.74, 6) is 0. The first-order valence-electron chi connectivity index (χ1n) is 19.8. The molecule has 1 aromatic heterocycles. The van der Waals surface area contributed by atoms with Gasteiger partial charge in [-0.1, -0.05) is 182 Å². The van der Waals surface area contributed by atoms with Crippen molar-refractivity contribution in [2.24, 2.45) is 0 Å². The summed E-state index contributed by atoms with van der Waals surface area (Å²) in [6, 6.07) is 81.8. The van der Waals surface area contributed by atoms with Gasteiger partial charge in [-0.25, -0.2) is 0 Å². The highest BCUT2D eigenvalue weighted by molar-refractivity contribution is 7.26. The molecule has 0 aliphatic rings. The molecule has 0 unspecified atom stereocenters. The van der Waals surface area contributed by atoms with Crippen LogP contribution in [0.2, 0.25) is 0 Å². The SMILES string of the molecule is c1cc(-c2cccc3ccccc23)cc(N(c2ccc(-c3ccc(-c4cccc5ccccc45)cc3)cc2)c2ccc(-c3cccc4c3sc3ccccc34)cc2)c1. The molecule has 0 bridgehead atoms. The molecule has 58 heavy (non-hydrogen) atoms. The van der Waals surface area contributed by atoms with Crippen molar-refractivity contribution in [2.75, 3.05) is 4.90 Å². The van der Waals surface area contributed by atoms with Crippen LogP contribution in [-0.2, 0) is 0 Å². The van der Waals surface area contributed by atoms with Gasteiger partial charge in [-0.05, 0) is 109 Å². The molecule has 2 heteroatoms. The second kappa shape index (κ2) is 14.4. The highest BCUT2D eigenvalue weighted by Crippen LogP contribution is 2.43. The van der Waals surface area contributed by atoms with Crippen molar-refractivity contribution < 1.29 is 0 Å². The summed E-state index contributed by atoms with van der Waals surface area (Å²) in [6.07, 6.45) is 0. The van der Waals surface area contributed by atoms with Gasteiger partial charge in [0, 0.05) is 37.2 Å². The average Bonchev–Trinajstić information content (AvgIpc) is 3.69. The normalized spacial score (nSPS) is 11.4. The monoisotopic (exact) mass is 755 g/mol. The highest BCUT2D eigenvalue weighted by atomic mass is 32.1. The van der Waals surface area contributed by atoms with Gasteiger partial charge in [-0.15, -0.1) is 11.3 Å². The van der Waals surface area contributed by atoms with Crippen molar-refractivity contribution in [2.45, 2.75) is 0 Å². The molecule has 0 saturated heterocycles. The molecule has 0 fully saturated rings. The number of nitrogens with zero attached hydrogens (tertiary/aromatic N) is 1. The van der Waals surface area contributed by atoms with Gasteiger partial charge < -0.3 is 4.90 Å². The molecule has 0 N–H and O–H groups in total. The predicted molar refractivity (Wildman–Crippen MR) is 251 cm³/mol. The maximum Gasteiger partial charge on any atom is 0.0467 e. The maximum atomic E-state index is 2.38. The van der Waals surface area contributed by atoms with E-state index in [2.05, 4.69) is 229 Å². The Hall–Kier alpha value is -7.26. The lowest BCUT2D eigenvalue weighted by Gasteiger charge is -2.26. The van der Waals surface area contributed by atoms with Crippen molar-refractivity contribution in [1.82, 2.24) is 0 Å². The minimum absolute atomic E-state index is 1.10. The lowest BCUT2D eigenvalue weighted by Crippen LogP contribution is -2.10. The van der Waals surface area contributed by atoms with E-state index in [1.807, 2.05) is 11.3 Å². The highest BCUT2D eigenvalue weighted by Gasteiger charge is 2.16. The van der Waals surface area contributed by atoms with Gasteiger partial charge in [0.1, 0.15) is 0 Å². The number of fused-ring (bicyclic) bond motifs is 5. The standard InChI is InChI=1S/C56H37NS/c1-3-17-48-40(11-1)13-8-20-50(48)42-27-25-38(26-28-42)39-29-33-45(34-30-39)57(47-16-7-15-44(37-47)51-21-9-14-41-12-2-4-18-49(41)51)46-35-31-43(32-36-46)52-22-10-23-54-53-19-5-6-24-55(53)58-56(52)54/h1-37H.